The van der Waals surface area contributed by atoms with Crippen LogP contribution >= 0.6 is 0 Å². The van der Waals surface area contributed by atoms with Gasteiger partial charge in [-0.3, -0.25) is 0 Å². The summed E-state index contributed by atoms with van der Waals surface area (Å²) in [5.74, 6) is 0.860. The second kappa shape index (κ2) is 7.64. The first-order valence-corrected chi connectivity index (χ1v) is 6.96. The monoisotopic (exact) mass is 289 g/mol. The Morgan fingerprint density at radius 3 is 2.38 bits per heavy atom. The summed E-state index contributed by atoms with van der Waals surface area (Å²) in [6, 6.07) is 14.2. The minimum atomic E-state index is -0.348. The molecule has 2 aromatic carbocycles. The Balaban J connectivity index is 1.98. The molecule has 0 aliphatic rings. The smallest absolute Gasteiger partial charge is 0.165 e. The molecule has 3 nitrogen and oxygen atoms in total. The van der Waals surface area contributed by atoms with E-state index in [1.165, 1.54) is 6.07 Å². The SMILES string of the molecule is COc1ccccc1C(CN)CCOc1ccccc1F. The fourth-order valence-electron chi connectivity index (χ4n) is 2.28. The van der Waals surface area contributed by atoms with E-state index in [4.69, 9.17) is 15.2 Å². The van der Waals surface area contributed by atoms with Crippen molar-refractivity contribution in [2.24, 2.45) is 5.73 Å². The van der Waals surface area contributed by atoms with Crippen LogP contribution in [0.2, 0.25) is 0 Å². The van der Waals surface area contributed by atoms with Crippen LogP contribution in [0.5, 0.6) is 11.5 Å². The molecule has 1 atom stereocenters. The zero-order valence-corrected chi connectivity index (χ0v) is 12.1. The largest absolute Gasteiger partial charge is 0.496 e. The molecule has 0 saturated heterocycles. The van der Waals surface area contributed by atoms with Crippen LogP contribution in [-0.2, 0) is 0 Å². The van der Waals surface area contributed by atoms with Gasteiger partial charge in [0.2, 0.25) is 0 Å². The number of nitrogens with two attached hydrogens (primary N) is 1. The molecular weight excluding hydrogens is 269 g/mol. The summed E-state index contributed by atoms with van der Waals surface area (Å²) in [6.07, 6.45) is 0.700. The van der Waals surface area contributed by atoms with E-state index in [1.807, 2.05) is 24.3 Å². The molecule has 0 spiro atoms. The standard InChI is InChI=1S/C17H20FNO2/c1-20-16-8-4-2-6-14(16)13(12-19)10-11-21-17-9-5-3-7-15(17)18/h2-9,13H,10-12,19H2,1H3. The third kappa shape index (κ3) is 3.95. The first kappa shape index (κ1) is 15.3. The fourth-order valence-corrected chi connectivity index (χ4v) is 2.28. The van der Waals surface area contributed by atoms with Gasteiger partial charge in [0.15, 0.2) is 11.6 Å². The number of methoxy groups -OCH3 is 1. The van der Waals surface area contributed by atoms with Crippen molar-refractivity contribution < 1.29 is 13.9 Å². The topological polar surface area (TPSA) is 44.5 Å². The van der Waals surface area contributed by atoms with Crippen LogP contribution in [0.1, 0.15) is 17.9 Å². The van der Waals surface area contributed by atoms with E-state index in [9.17, 15) is 4.39 Å². The van der Waals surface area contributed by atoms with E-state index < -0.39 is 0 Å². The average molecular weight is 289 g/mol. The molecule has 21 heavy (non-hydrogen) atoms. The van der Waals surface area contributed by atoms with E-state index in [0.29, 0.717) is 19.6 Å². The lowest BCUT2D eigenvalue weighted by atomic mass is 9.95. The molecule has 4 heteroatoms. The molecule has 2 N–H and O–H groups in total. The number of benzene rings is 2. The predicted octanol–water partition coefficient (Wildman–Crippen LogP) is 3.35. The molecule has 2 aromatic rings. The Morgan fingerprint density at radius 1 is 1.05 bits per heavy atom. The maximum Gasteiger partial charge on any atom is 0.165 e. The van der Waals surface area contributed by atoms with Crippen molar-refractivity contribution in [2.45, 2.75) is 12.3 Å². The Morgan fingerprint density at radius 2 is 1.71 bits per heavy atom. The lowest BCUT2D eigenvalue weighted by molar-refractivity contribution is 0.283. The molecule has 0 aromatic heterocycles. The Labute approximate surface area is 124 Å². The summed E-state index contributed by atoms with van der Waals surface area (Å²) in [4.78, 5) is 0. The van der Waals surface area contributed by atoms with Crippen LogP contribution in [0.4, 0.5) is 4.39 Å². The molecule has 0 radical (unpaired) electrons. The van der Waals surface area contributed by atoms with Gasteiger partial charge in [-0.15, -0.1) is 0 Å². The van der Waals surface area contributed by atoms with E-state index in [2.05, 4.69) is 0 Å². The maximum atomic E-state index is 13.5. The molecule has 2 rings (SSSR count). The number of para-hydroxylation sites is 2. The molecule has 0 saturated carbocycles. The average Bonchev–Trinajstić information content (AvgIpc) is 2.53. The van der Waals surface area contributed by atoms with Crippen molar-refractivity contribution in [1.29, 1.82) is 0 Å². The van der Waals surface area contributed by atoms with Gasteiger partial charge in [-0.2, -0.15) is 0 Å². The van der Waals surface area contributed by atoms with E-state index in [0.717, 1.165) is 11.3 Å². The minimum Gasteiger partial charge on any atom is -0.496 e. The van der Waals surface area contributed by atoms with Crippen LogP contribution in [-0.4, -0.2) is 20.3 Å². The van der Waals surface area contributed by atoms with Gasteiger partial charge < -0.3 is 15.2 Å². The Kier molecular flexibility index (Phi) is 5.58. The number of rotatable bonds is 7. The van der Waals surface area contributed by atoms with Crippen LogP contribution < -0.4 is 15.2 Å². The van der Waals surface area contributed by atoms with E-state index >= 15 is 0 Å². The molecule has 0 heterocycles. The molecule has 0 fully saturated rings. The van der Waals surface area contributed by atoms with Crippen molar-refractivity contribution in [2.75, 3.05) is 20.3 Å². The molecule has 0 aliphatic carbocycles. The second-order valence-electron chi connectivity index (χ2n) is 4.74. The van der Waals surface area contributed by atoms with Crippen molar-refractivity contribution in [3.8, 4) is 11.5 Å². The number of hydrogen-bond acceptors (Lipinski definition) is 3. The molecule has 0 bridgehead atoms. The van der Waals surface area contributed by atoms with Gasteiger partial charge in [-0.25, -0.2) is 4.39 Å². The van der Waals surface area contributed by atoms with Gasteiger partial charge in [0.25, 0.3) is 0 Å². The van der Waals surface area contributed by atoms with Crippen LogP contribution in [0.3, 0.4) is 0 Å². The summed E-state index contributed by atoms with van der Waals surface area (Å²) in [6.45, 7) is 0.891. The quantitative estimate of drug-likeness (QED) is 0.850. The van der Waals surface area contributed by atoms with Gasteiger partial charge in [0.1, 0.15) is 5.75 Å². The van der Waals surface area contributed by atoms with Crippen molar-refractivity contribution in [1.82, 2.24) is 0 Å². The van der Waals surface area contributed by atoms with Crippen molar-refractivity contribution in [3.05, 3.63) is 59.9 Å². The highest BCUT2D eigenvalue weighted by Crippen LogP contribution is 2.28. The predicted molar refractivity (Wildman–Crippen MR) is 81.3 cm³/mol. The van der Waals surface area contributed by atoms with Crippen LogP contribution in [0.25, 0.3) is 0 Å². The van der Waals surface area contributed by atoms with Gasteiger partial charge in [-0.05, 0) is 36.7 Å². The van der Waals surface area contributed by atoms with Crippen LogP contribution in [0.15, 0.2) is 48.5 Å². The highest BCUT2D eigenvalue weighted by atomic mass is 19.1. The highest BCUT2D eigenvalue weighted by molar-refractivity contribution is 5.36. The van der Waals surface area contributed by atoms with Crippen LogP contribution in [0, 0.1) is 5.82 Å². The molecule has 112 valence electrons. The summed E-state index contributed by atoms with van der Waals surface area (Å²) >= 11 is 0. The Hall–Kier alpha value is -2.07. The van der Waals surface area contributed by atoms with Crippen molar-refractivity contribution in [3.63, 3.8) is 0 Å². The lowest BCUT2D eigenvalue weighted by Crippen LogP contribution is -2.16. The summed E-state index contributed by atoms with van der Waals surface area (Å²) in [5.41, 5.74) is 6.91. The molecule has 1 unspecified atom stereocenters. The number of halogens is 1. The van der Waals surface area contributed by atoms with Gasteiger partial charge in [0, 0.05) is 5.92 Å². The first-order chi connectivity index (χ1) is 10.3. The summed E-state index contributed by atoms with van der Waals surface area (Å²) < 4.78 is 24.3. The van der Waals surface area contributed by atoms with Gasteiger partial charge in [0.05, 0.1) is 13.7 Å². The zero-order valence-electron chi connectivity index (χ0n) is 12.1. The lowest BCUT2D eigenvalue weighted by Gasteiger charge is -2.18. The minimum absolute atomic E-state index is 0.118. The van der Waals surface area contributed by atoms with E-state index in [1.54, 1.807) is 25.3 Å². The summed E-state index contributed by atoms with van der Waals surface area (Å²) in [5, 5.41) is 0. The normalized spacial score (nSPS) is 12.0. The van der Waals surface area contributed by atoms with Gasteiger partial charge in [-0.1, -0.05) is 30.3 Å². The summed E-state index contributed by atoms with van der Waals surface area (Å²) in [7, 11) is 1.64. The highest BCUT2D eigenvalue weighted by Gasteiger charge is 2.14. The fraction of sp³-hybridized carbons (Fsp3) is 0.294. The van der Waals surface area contributed by atoms with Crippen molar-refractivity contribution >= 4 is 0 Å². The third-order valence-corrected chi connectivity index (χ3v) is 3.42. The van der Waals surface area contributed by atoms with Gasteiger partial charge >= 0.3 is 0 Å². The molecule has 0 aliphatic heterocycles. The second-order valence-corrected chi connectivity index (χ2v) is 4.74. The molecule has 0 amide bonds. The van der Waals surface area contributed by atoms with E-state index in [-0.39, 0.29) is 17.5 Å². The number of ether oxygens (including phenoxy) is 2. The first-order valence-electron chi connectivity index (χ1n) is 6.96. The Bertz CT molecular complexity index is 574. The zero-order chi connectivity index (χ0) is 15.1. The maximum absolute atomic E-state index is 13.5. The third-order valence-electron chi connectivity index (χ3n) is 3.42. The number of hydrogen-bond donors (Lipinski definition) is 1. The molecular formula is C17H20FNO2.